The minimum Gasteiger partial charge on any atom is -0.497 e. The molecule has 0 radical (unpaired) electrons. The zero-order chi connectivity index (χ0) is 74.5. The normalized spacial score (nSPS) is 15.6. The maximum absolute atomic E-state index is 13.1. The summed E-state index contributed by atoms with van der Waals surface area (Å²) in [6, 6.07) is 75.7. The van der Waals surface area contributed by atoms with E-state index in [1.54, 1.807) is 76.2 Å². The first-order chi connectivity index (χ1) is 49.6. The first-order valence-electron chi connectivity index (χ1n) is 34.8. The predicted octanol–water partition coefficient (Wildman–Crippen LogP) is 18.5. The zero-order valence-electron chi connectivity index (χ0n) is 61.6. The summed E-state index contributed by atoms with van der Waals surface area (Å²) >= 11 is 6.95. The van der Waals surface area contributed by atoms with Crippen LogP contribution in [-0.2, 0) is 42.7 Å². The van der Waals surface area contributed by atoms with E-state index in [2.05, 4.69) is 184 Å². The number of esters is 1. The summed E-state index contributed by atoms with van der Waals surface area (Å²) < 4.78 is 41.4. The fraction of sp³-hybridized carbons (Fsp3) is 0.271. The van der Waals surface area contributed by atoms with Crippen molar-refractivity contribution in [2.24, 2.45) is 0 Å². The number of nitro groups is 1. The Bertz CT molecular complexity index is 4800. The van der Waals surface area contributed by atoms with Crippen LogP contribution in [0.1, 0.15) is 116 Å². The van der Waals surface area contributed by atoms with E-state index in [4.69, 9.17) is 9.47 Å². The predicted molar refractivity (Wildman–Crippen MR) is 432 cm³/mol. The average molecular weight is 1500 g/mol. The average Bonchev–Trinajstić information content (AvgIpc) is 0.710. The molecule has 10 aromatic rings. The third kappa shape index (κ3) is 15.5. The van der Waals surface area contributed by atoms with Gasteiger partial charge in [0.2, 0.25) is 24.2 Å². The lowest BCUT2D eigenvalue weighted by Crippen LogP contribution is -2.80. The fourth-order valence-electron chi connectivity index (χ4n) is 14.6. The van der Waals surface area contributed by atoms with E-state index in [9.17, 15) is 28.1 Å². The second-order valence-corrected chi connectivity index (χ2v) is 37.3. The van der Waals surface area contributed by atoms with Crippen LogP contribution in [0.5, 0.6) is 5.75 Å². The summed E-state index contributed by atoms with van der Waals surface area (Å²) in [6.45, 7) is 27.9. The molecular weight excluding hydrogens is 1410 g/mol. The lowest BCUT2D eigenvalue weighted by atomic mass is 9.88. The van der Waals surface area contributed by atoms with Gasteiger partial charge in [0.1, 0.15) is 5.75 Å². The lowest BCUT2D eigenvalue weighted by Gasteiger charge is -2.54. The van der Waals surface area contributed by atoms with E-state index in [1.807, 2.05) is 120 Å². The number of carbonyl (C=O) groups excluding carboxylic acids is 2. The highest BCUT2D eigenvalue weighted by atomic mass is 32.2. The number of aryl methyl sites for hydroxylation is 5. The van der Waals surface area contributed by atoms with Crippen molar-refractivity contribution in [2.45, 2.75) is 138 Å². The van der Waals surface area contributed by atoms with Crippen LogP contribution >= 0.6 is 47.0 Å². The quantitative estimate of drug-likeness (QED) is 0.0376. The molecule has 13 nitrogen and oxygen atoms in total. The van der Waals surface area contributed by atoms with E-state index in [1.165, 1.54) is 65.8 Å². The number of anilines is 1. The monoisotopic (exact) mass is 1500 g/mol. The second-order valence-electron chi connectivity index (χ2n) is 27.9. The van der Waals surface area contributed by atoms with Crippen molar-refractivity contribution in [3.8, 4) is 16.9 Å². The molecule has 104 heavy (non-hydrogen) atoms. The maximum Gasteiger partial charge on any atom is 0.338 e. The SMILES string of the molecule is CC(=O)N1CSc2c(-c3ccccc3)cc([N+](=O)[O-])cc2C1(C)C.CCOC(=O)c1cc(C)c2c(c1)C(C)(C)N([Si](c1ccccc1)(c1ccccc1)c1ccccc1)CS2.COc1cc(C)c2c(c1)C(C)(C)N(S(=O)(=O)c1ccccc1)CS2.Cc1cc(C)c2c(c1)CN(c1ccccc1C)CS2. The van der Waals surface area contributed by atoms with Gasteiger partial charge in [0.25, 0.3) is 5.69 Å². The Morgan fingerprint density at radius 3 is 1.60 bits per heavy atom. The number of hydrogen-bond donors (Lipinski definition) is 0. The van der Waals surface area contributed by atoms with Crippen molar-refractivity contribution in [3.63, 3.8) is 0 Å². The molecule has 0 atom stereocenters. The summed E-state index contributed by atoms with van der Waals surface area (Å²) in [7, 11) is -4.65. The highest BCUT2D eigenvalue weighted by Gasteiger charge is 2.53. The third-order valence-corrected chi connectivity index (χ3v) is 32.3. The molecular formula is C85H91N5O8S5Si. The number of non-ortho nitro benzene ring substituents is 1. The Morgan fingerprint density at radius 2 is 1.04 bits per heavy atom. The number of para-hydroxylation sites is 1. The minimum atomic E-state index is -3.57. The molecule has 0 fully saturated rings. The molecule has 14 rings (SSSR count). The van der Waals surface area contributed by atoms with Crippen molar-refractivity contribution in [1.29, 1.82) is 0 Å². The van der Waals surface area contributed by atoms with E-state index < -0.39 is 29.3 Å². The van der Waals surface area contributed by atoms with Crippen LogP contribution in [0.3, 0.4) is 0 Å². The number of carbonyl (C=O) groups is 2. The molecule has 0 saturated heterocycles. The summed E-state index contributed by atoms with van der Waals surface area (Å²) in [5, 5.41) is 15.5. The molecule has 1 amide bonds. The third-order valence-electron chi connectivity index (χ3n) is 20.0. The van der Waals surface area contributed by atoms with Crippen LogP contribution in [0, 0.1) is 44.7 Å². The summed E-state index contributed by atoms with van der Waals surface area (Å²) in [5.41, 5.74) is 13.1. The Labute approximate surface area is 632 Å². The molecule has 538 valence electrons. The van der Waals surface area contributed by atoms with E-state index in [0.29, 0.717) is 28.8 Å². The number of rotatable bonds is 12. The van der Waals surface area contributed by atoms with Gasteiger partial charge in [-0.3, -0.25) is 19.5 Å². The Hall–Kier alpha value is -8.37. The van der Waals surface area contributed by atoms with Gasteiger partial charge >= 0.3 is 5.97 Å². The van der Waals surface area contributed by atoms with Gasteiger partial charge in [0.05, 0.1) is 57.8 Å². The standard InChI is InChI=1S/C32H33NO2SSi.C18H18N2O3S.C18H21NO3S2.C17H19NS/c1-5-35-31(34)25-21-24(2)30-29(22-25)32(3,4)33(23-36-30)37(26-15-9-6-10-16-26,27-17-11-7-12-18-27)28-19-13-8-14-20-28;1-12(21)19-11-24-17-15(13-7-5-4-6-8-13)9-14(20(22)23)10-16(17)18(19,2)3;1-13-10-14(22-4)11-16-17(13)23-12-19(18(16,2)3)24(20,21)15-8-6-5-7-9-15;1-12-8-14(3)17-15(9-12)10-18(11-19-17)16-7-5-4-6-13(16)2/h6-22H,5,23H2,1-4H3;4-10H,11H2,1-3H3;5-11H,12H2,1-4H3;4-9H,10-11H2,1-3H3. The maximum atomic E-state index is 13.1. The summed E-state index contributed by atoms with van der Waals surface area (Å²) in [6.07, 6.45) is 0. The molecule has 0 unspecified atom stereocenters. The second kappa shape index (κ2) is 32.1. The van der Waals surface area contributed by atoms with Crippen LogP contribution in [0.15, 0.2) is 249 Å². The van der Waals surface area contributed by atoms with Crippen LogP contribution in [0.2, 0.25) is 0 Å². The van der Waals surface area contributed by atoms with Gasteiger partial charge in [0, 0.05) is 67.8 Å². The minimum absolute atomic E-state index is 0.0362. The van der Waals surface area contributed by atoms with Crippen molar-refractivity contribution < 1.29 is 32.4 Å². The molecule has 10 aromatic carbocycles. The van der Waals surface area contributed by atoms with E-state index in [-0.39, 0.29) is 28.0 Å². The van der Waals surface area contributed by atoms with Crippen LogP contribution in [-0.4, -0.2) is 84.4 Å². The number of sulfonamides is 1. The number of amides is 1. The zero-order valence-corrected chi connectivity index (χ0v) is 66.7. The number of thioether (sulfide) groups is 4. The highest BCUT2D eigenvalue weighted by molar-refractivity contribution is 8.00. The molecule has 0 saturated carbocycles. The van der Waals surface area contributed by atoms with E-state index in [0.717, 1.165) is 67.2 Å². The van der Waals surface area contributed by atoms with Gasteiger partial charge in [-0.25, -0.2) is 13.2 Å². The molecule has 4 heterocycles. The summed E-state index contributed by atoms with van der Waals surface area (Å²) in [4.78, 5) is 45.3. The molecule has 0 bridgehead atoms. The molecule has 0 aromatic heterocycles. The largest absolute Gasteiger partial charge is 0.497 e. The Balaban J connectivity index is 0.000000143. The molecule has 4 aliphatic rings. The number of nitrogens with zero attached hydrogens (tertiary/aromatic N) is 5. The van der Waals surface area contributed by atoms with Crippen molar-refractivity contribution >= 4 is 104 Å². The molecule has 0 aliphatic carbocycles. The van der Waals surface area contributed by atoms with Crippen molar-refractivity contribution in [2.75, 3.05) is 42.1 Å². The smallest absolute Gasteiger partial charge is 0.338 e. The summed E-state index contributed by atoms with van der Waals surface area (Å²) in [5.74, 6) is 3.28. The molecule has 4 aliphatic heterocycles. The first-order valence-corrected chi connectivity index (χ1v) is 42.1. The number of ether oxygens (including phenoxy) is 2. The van der Waals surface area contributed by atoms with Crippen LogP contribution in [0.25, 0.3) is 11.1 Å². The molecule has 19 heteroatoms. The van der Waals surface area contributed by atoms with Gasteiger partial charge < -0.3 is 19.3 Å². The first kappa shape index (κ1) is 76.7. The number of hydrogen-bond acceptors (Lipinski definition) is 14. The molecule has 0 spiro atoms. The van der Waals surface area contributed by atoms with Gasteiger partial charge in [-0.1, -0.05) is 175 Å². The van der Waals surface area contributed by atoms with Gasteiger partial charge in [-0.15, -0.1) is 47.0 Å². The van der Waals surface area contributed by atoms with Gasteiger partial charge in [-0.2, -0.15) is 4.31 Å². The van der Waals surface area contributed by atoms with Gasteiger partial charge in [-0.05, 0) is 191 Å². The fourth-order valence-corrected chi connectivity index (χ4v) is 28.0. The van der Waals surface area contributed by atoms with Crippen LogP contribution < -0.4 is 25.2 Å². The number of benzene rings is 10. The number of methoxy groups -OCH3 is 1. The Morgan fingerprint density at radius 1 is 0.538 bits per heavy atom. The highest BCUT2D eigenvalue weighted by Crippen LogP contribution is 2.51. The Kier molecular flexibility index (Phi) is 23.7. The number of fused-ring (bicyclic) bond motifs is 4. The number of nitro benzene ring substituents is 1. The van der Waals surface area contributed by atoms with E-state index >= 15 is 0 Å². The topological polar surface area (TPSA) is 143 Å². The van der Waals surface area contributed by atoms with Crippen molar-refractivity contribution in [3.05, 3.63) is 290 Å². The van der Waals surface area contributed by atoms with Crippen molar-refractivity contribution in [1.82, 2.24) is 13.8 Å². The molecule has 0 N–H and O–H groups in total. The van der Waals surface area contributed by atoms with Crippen LogP contribution in [0.4, 0.5) is 11.4 Å². The lowest BCUT2D eigenvalue weighted by molar-refractivity contribution is -0.385. The van der Waals surface area contributed by atoms with Gasteiger partial charge in [0.15, 0.2) is 0 Å².